The van der Waals surface area contributed by atoms with Crippen molar-refractivity contribution in [1.29, 1.82) is 0 Å². The van der Waals surface area contributed by atoms with E-state index in [1.54, 1.807) is 6.07 Å². The van der Waals surface area contributed by atoms with Crippen molar-refractivity contribution in [2.24, 2.45) is 5.92 Å². The first-order valence-electron chi connectivity index (χ1n) is 8.92. The van der Waals surface area contributed by atoms with Crippen molar-refractivity contribution in [3.05, 3.63) is 23.7 Å². The van der Waals surface area contributed by atoms with Crippen molar-refractivity contribution in [2.75, 3.05) is 6.61 Å². The van der Waals surface area contributed by atoms with E-state index < -0.39 is 5.97 Å². The highest BCUT2D eigenvalue weighted by atomic mass is 16.5. The second-order valence-electron chi connectivity index (χ2n) is 6.97. The lowest BCUT2D eigenvalue weighted by molar-refractivity contribution is -0.0591. The Bertz CT molecular complexity index is 745. The molecule has 0 bridgehead atoms. The third kappa shape index (κ3) is 3.02. The zero-order valence-corrected chi connectivity index (χ0v) is 13.8. The third-order valence-electron chi connectivity index (χ3n) is 5.27. The molecule has 0 amide bonds. The summed E-state index contributed by atoms with van der Waals surface area (Å²) in [6.45, 7) is 1.53. The van der Waals surface area contributed by atoms with Gasteiger partial charge in [-0.2, -0.15) is 0 Å². The normalized spacial score (nSPS) is 21.8. The van der Waals surface area contributed by atoms with Crippen LogP contribution >= 0.6 is 0 Å². The van der Waals surface area contributed by atoms with Crippen LogP contribution in [0.5, 0.6) is 0 Å². The maximum Gasteiger partial charge on any atom is 0.354 e. The van der Waals surface area contributed by atoms with Gasteiger partial charge in [-0.05, 0) is 24.5 Å². The van der Waals surface area contributed by atoms with Crippen LogP contribution in [0.1, 0.15) is 54.8 Å². The molecule has 3 heterocycles. The van der Waals surface area contributed by atoms with Gasteiger partial charge in [-0.15, -0.1) is 0 Å². The summed E-state index contributed by atoms with van der Waals surface area (Å²) in [6.07, 6.45) is 8.66. The number of fused-ring (bicyclic) bond motifs is 1. The van der Waals surface area contributed by atoms with Gasteiger partial charge in [0, 0.05) is 13.0 Å². The Kier molecular flexibility index (Phi) is 4.22. The van der Waals surface area contributed by atoms with E-state index in [0.29, 0.717) is 18.1 Å². The zero-order chi connectivity index (χ0) is 16.5. The van der Waals surface area contributed by atoms with Gasteiger partial charge in [0.1, 0.15) is 11.3 Å². The zero-order valence-electron chi connectivity index (χ0n) is 13.8. The lowest BCUT2D eigenvalue weighted by Crippen LogP contribution is -2.32. The molecule has 0 aromatic carbocycles. The second-order valence-corrected chi connectivity index (χ2v) is 6.97. The number of carboxylic acids is 1. The summed E-state index contributed by atoms with van der Waals surface area (Å²) in [5.41, 5.74) is 1.53. The molecule has 1 saturated heterocycles. The van der Waals surface area contributed by atoms with E-state index in [9.17, 15) is 9.90 Å². The summed E-state index contributed by atoms with van der Waals surface area (Å²) in [5.74, 6) is 0.705. The van der Waals surface area contributed by atoms with Crippen molar-refractivity contribution in [3.63, 3.8) is 0 Å². The first-order chi connectivity index (χ1) is 11.7. The number of aromatic nitrogens is 3. The van der Waals surface area contributed by atoms with Gasteiger partial charge in [0.2, 0.25) is 0 Å². The second kappa shape index (κ2) is 6.51. The Morgan fingerprint density at radius 2 is 2.00 bits per heavy atom. The molecule has 1 saturated carbocycles. The SMILES string of the molecule is O=C(O)c1ccc2nc(CC3CCCCC3)n(C[C@@H]3CCO3)c2n1. The van der Waals surface area contributed by atoms with Crippen molar-refractivity contribution in [1.82, 2.24) is 14.5 Å². The van der Waals surface area contributed by atoms with Crippen LogP contribution in [0, 0.1) is 5.92 Å². The monoisotopic (exact) mass is 329 g/mol. The third-order valence-corrected chi connectivity index (χ3v) is 5.27. The van der Waals surface area contributed by atoms with Gasteiger partial charge >= 0.3 is 5.97 Å². The summed E-state index contributed by atoms with van der Waals surface area (Å²) in [5, 5.41) is 9.23. The van der Waals surface area contributed by atoms with Crippen LogP contribution in [-0.2, 0) is 17.7 Å². The fourth-order valence-corrected chi connectivity index (χ4v) is 3.80. The van der Waals surface area contributed by atoms with Crippen LogP contribution in [0.15, 0.2) is 12.1 Å². The Labute approximate surface area is 140 Å². The summed E-state index contributed by atoms with van der Waals surface area (Å²) in [6, 6.07) is 3.31. The number of pyridine rings is 1. The molecule has 1 atom stereocenters. The highest BCUT2D eigenvalue weighted by molar-refractivity contribution is 5.88. The lowest BCUT2D eigenvalue weighted by Gasteiger charge is -2.28. The standard InChI is InChI=1S/C18H23N3O3/c22-18(23)15-7-6-14-17(20-15)21(11-13-8-9-24-13)16(19-14)10-12-4-2-1-3-5-12/h6-7,12-13H,1-5,8-11H2,(H,22,23)/t13-/m0/s1. The predicted molar refractivity (Wildman–Crippen MR) is 89.1 cm³/mol. The molecule has 1 aliphatic heterocycles. The van der Waals surface area contributed by atoms with Gasteiger partial charge in [-0.1, -0.05) is 32.1 Å². The van der Waals surface area contributed by atoms with Crippen LogP contribution < -0.4 is 0 Å². The smallest absolute Gasteiger partial charge is 0.354 e. The molecule has 0 radical (unpaired) electrons. The number of aromatic carboxylic acids is 1. The summed E-state index contributed by atoms with van der Waals surface area (Å²) < 4.78 is 7.68. The molecule has 1 N–H and O–H groups in total. The molecular formula is C18H23N3O3. The largest absolute Gasteiger partial charge is 0.477 e. The van der Waals surface area contributed by atoms with Gasteiger partial charge in [-0.25, -0.2) is 14.8 Å². The maximum absolute atomic E-state index is 11.3. The van der Waals surface area contributed by atoms with E-state index >= 15 is 0 Å². The average Bonchev–Trinajstić information content (AvgIpc) is 2.88. The minimum atomic E-state index is -1.00. The molecule has 24 heavy (non-hydrogen) atoms. The molecule has 0 unspecified atom stereocenters. The first-order valence-corrected chi connectivity index (χ1v) is 8.92. The predicted octanol–water partition coefficient (Wildman–Crippen LogP) is 3.04. The van der Waals surface area contributed by atoms with Crippen molar-refractivity contribution >= 4 is 17.1 Å². The van der Waals surface area contributed by atoms with Gasteiger partial charge in [-0.3, -0.25) is 0 Å². The summed E-state index contributed by atoms with van der Waals surface area (Å²) in [7, 11) is 0. The number of hydrogen-bond donors (Lipinski definition) is 1. The van der Waals surface area contributed by atoms with Gasteiger partial charge in [0.15, 0.2) is 11.3 Å². The minimum Gasteiger partial charge on any atom is -0.477 e. The van der Waals surface area contributed by atoms with Crippen LogP contribution in [0.4, 0.5) is 0 Å². The number of ether oxygens (including phenoxy) is 1. The molecule has 2 aromatic rings. The number of imidazole rings is 1. The van der Waals surface area contributed by atoms with Gasteiger partial charge < -0.3 is 14.4 Å². The van der Waals surface area contributed by atoms with Crippen molar-refractivity contribution in [3.8, 4) is 0 Å². The molecule has 2 fully saturated rings. The van der Waals surface area contributed by atoms with E-state index in [1.165, 1.54) is 38.2 Å². The molecule has 6 heteroatoms. The van der Waals surface area contributed by atoms with E-state index in [-0.39, 0.29) is 11.8 Å². The molecule has 4 rings (SSSR count). The number of nitrogens with zero attached hydrogens (tertiary/aromatic N) is 3. The van der Waals surface area contributed by atoms with E-state index in [2.05, 4.69) is 9.55 Å². The number of rotatable bonds is 5. The summed E-state index contributed by atoms with van der Waals surface area (Å²) in [4.78, 5) is 20.4. The highest BCUT2D eigenvalue weighted by Crippen LogP contribution is 2.28. The van der Waals surface area contributed by atoms with E-state index in [1.807, 2.05) is 0 Å². The topological polar surface area (TPSA) is 77.2 Å². The van der Waals surface area contributed by atoms with Gasteiger partial charge in [0.25, 0.3) is 0 Å². The molecule has 2 aromatic heterocycles. The average molecular weight is 329 g/mol. The van der Waals surface area contributed by atoms with Gasteiger partial charge in [0.05, 0.1) is 12.6 Å². The Morgan fingerprint density at radius 1 is 1.21 bits per heavy atom. The highest BCUT2D eigenvalue weighted by Gasteiger charge is 2.24. The number of carboxylic acid groups (broad SMARTS) is 1. The van der Waals surface area contributed by atoms with Crippen LogP contribution in [0.25, 0.3) is 11.2 Å². The van der Waals surface area contributed by atoms with Crippen LogP contribution in [0.3, 0.4) is 0 Å². The Morgan fingerprint density at radius 3 is 2.67 bits per heavy atom. The molecule has 6 nitrogen and oxygen atoms in total. The lowest BCUT2D eigenvalue weighted by atomic mass is 9.87. The quantitative estimate of drug-likeness (QED) is 0.912. The Balaban J connectivity index is 1.69. The molecule has 1 aliphatic carbocycles. The van der Waals surface area contributed by atoms with Crippen molar-refractivity contribution in [2.45, 2.75) is 57.6 Å². The maximum atomic E-state index is 11.3. The van der Waals surface area contributed by atoms with Crippen LogP contribution in [0.2, 0.25) is 0 Å². The fourth-order valence-electron chi connectivity index (χ4n) is 3.80. The van der Waals surface area contributed by atoms with Crippen molar-refractivity contribution < 1.29 is 14.6 Å². The Hall–Kier alpha value is -1.95. The first kappa shape index (κ1) is 15.6. The molecule has 128 valence electrons. The fraction of sp³-hybridized carbons (Fsp3) is 0.611. The number of hydrogen-bond acceptors (Lipinski definition) is 4. The number of carbonyl (C=O) groups is 1. The van der Waals surface area contributed by atoms with E-state index in [4.69, 9.17) is 9.72 Å². The van der Waals surface area contributed by atoms with E-state index in [0.717, 1.165) is 30.8 Å². The van der Waals surface area contributed by atoms with Crippen LogP contribution in [-0.4, -0.2) is 38.3 Å². The summed E-state index contributed by atoms with van der Waals surface area (Å²) >= 11 is 0. The molecule has 2 aliphatic rings. The molecular weight excluding hydrogens is 306 g/mol. The molecule has 0 spiro atoms. The minimum absolute atomic E-state index is 0.0717.